The summed E-state index contributed by atoms with van der Waals surface area (Å²) in [5.74, 6) is -1.43. The number of benzene rings is 1. The van der Waals surface area contributed by atoms with Gasteiger partial charge in [-0.2, -0.15) is 0 Å². The third-order valence-corrected chi connectivity index (χ3v) is 3.31. The van der Waals surface area contributed by atoms with Crippen LogP contribution >= 0.6 is 11.8 Å². The highest BCUT2D eigenvalue weighted by molar-refractivity contribution is 7.98. The number of carbonyl (C=O) groups is 2. The van der Waals surface area contributed by atoms with E-state index >= 15 is 0 Å². The van der Waals surface area contributed by atoms with Gasteiger partial charge in [-0.1, -0.05) is 12.1 Å². The van der Waals surface area contributed by atoms with Crippen molar-refractivity contribution in [3.05, 3.63) is 29.8 Å². The zero-order valence-corrected chi connectivity index (χ0v) is 11.7. The van der Waals surface area contributed by atoms with Crippen LogP contribution in [0.5, 0.6) is 0 Å². The fraction of sp³-hybridized carbons (Fsp3) is 0.385. The Morgan fingerprint density at radius 3 is 2.58 bits per heavy atom. The quantitative estimate of drug-likeness (QED) is 0.686. The van der Waals surface area contributed by atoms with Gasteiger partial charge in [-0.05, 0) is 25.3 Å². The lowest BCUT2D eigenvalue weighted by atomic mass is 10.0. The van der Waals surface area contributed by atoms with Gasteiger partial charge in [0.15, 0.2) is 0 Å². The molecule has 0 aliphatic heterocycles. The molecule has 104 valence electrons. The molecule has 0 aromatic heterocycles. The molecule has 0 saturated heterocycles. The molecule has 0 saturated carbocycles. The lowest BCUT2D eigenvalue weighted by Gasteiger charge is -2.21. The first-order valence-electron chi connectivity index (χ1n) is 5.71. The Bertz CT molecular complexity index is 473. The van der Waals surface area contributed by atoms with Crippen molar-refractivity contribution in [2.75, 3.05) is 12.8 Å². The standard InChI is InChI=1S/C13H17NO4S/c1-13(18,7-11(15)16)8-14-12(17)9-5-3-4-6-10(9)19-2/h3-6,18H,7-8H2,1-2H3,(H,14,17)(H,15,16). The zero-order valence-electron chi connectivity index (χ0n) is 10.8. The van der Waals surface area contributed by atoms with Gasteiger partial charge in [0.05, 0.1) is 17.6 Å². The Morgan fingerprint density at radius 1 is 1.37 bits per heavy atom. The highest BCUT2D eigenvalue weighted by Gasteiger charge is 2.25. The second-order valence-electron chi connectivity index (χ2n) is 4.45. The maximum absolute atomic E-state index is 12.0. The van der Waals surface area contributed by atoms with Gasteiger partial charge in [0.25, 0.3) is 5.91 Å². The Balaban J connectivity index is 2.68. The van der Waals surface area contributed by atoms with E-state index in [-0.39, 0.29) is 12.5 Å². The molecule has 0 fully saturated rings. The van der Waals surface area contributed by atoms with Crippen LogP contribution < -0.4 is 5.32 Å². The molecule has 0 radical (unpaired) electrons. The molecule has 5 nitrogen and oxygen atoms in total. The summed E-state index contributed by atoms with van der Waals surface area (Å²) in [7, 11) is 0. The number of nitrogens with one attached hydrogen (secondary N) is 1. The van der Waals surface area contributed by atoms with Crippen LogP contribution in [0.1, 0.15) is 23.7 Å². The normalized spacial score (nSPS) is 13.6. The van der Waals surface area contributed by atoms with Gasteiger partial charge >= 0.3 is 5.97 Å². The Hall–Kier alpha value is -1.53. The number of rotatable bonds is 6. The van der Waals surface area contributed by atoms with Crippen molar-refractivity contribution in [3.63, 3.8) is 0 Å². The smallest absolute Gasteiger partial charge is 0.306 e. The third kappa shape index (κ3) is 4.92. The van der Waals surface area contributed by atoms with Gasteiger partial charge in [-0.25, -0.2) is 0 Å². The van der Waals surface area contributed by atoms with E-state index in [1.165, 1.54) is 18.7 Å². The van der Waals surface area contributed by atoms with Gasteiger partial charge in [0, 0.05) is 11.4 Å². The summed E-state index contributed by atoms with van der Waals surface area (Å²) in [6.45, 7) is 1.27. The van der Waals surface area contributed by atoms with Crippen molar-refractivity contribution in [2.24, 2.45) is 0 Å². The van der Waals surface area contributed by atoms with E-state index in [2.05, 4.69) is 5.32 Å². The fourth-order valence-electron chi connectivity index (χ4n) is 1.59. The maximum Gasteiger partial charge on any atom is 0.306 e. The summed E-state index contributed by atoms with van der Waals surface area (Å²) in [5, 5.41) is 21.0. The van der Waals surface area contributed by atoms with Crippen molar-refractivity contribution < 1.29 is 19.8 Å². The molecule has 0 aliphatic carbocycles. The predicted molar refractivity (Wildman–Crippen MR) is 73.4 cm³/mol. The SMILES string of the molecule is CSc1ccccc1C(=O)NCC(C)(O)CC(=O)O. The third-order valence-electron chi connectivity index (χ3n) is 2.51. The summed E-state index contributed by atoms with van der Waals surface area (Å²) in [4.78, 5) is 23.4. The van der Waals surface area contributed by atoms with Crippen LogP contribution in [0.2, 0.25) is 0 Å². The first kappa shape index (κ1) is 15.5. The topological polar surface area (TPSA) is 86.6 Å². The van der Waals surface area contributed by atoms with Gasteiger partial charge in [0.1, 0.15) is 0 Å². The van der Waals surface area contributed by atoms with Gasteiger partial charge in [-0.3, -0.25) is 9.59 Å². The molecule has 0 heterocycles. The van der Waals surface area contributed by atoms with E-state index in [4.69, 9.17) is 5.11 Å². The molecule has 0 bridgehead atoms. The molecule has 6 heteroatoms. The highest BCUT2D eigenvalue weighted by Crippen LogP contribution is 2.19. The van der Waals surface area contributed by atoms with Crippen LogP contribution in [0.15, 0.2) is 29.2 Å². The lowest BCUT2D eigenvalue weighted by Crippen LogP contribution is -2.42. The molecule has 1 aromatic rings. The second kappa shape index (κ2) is 6.58. The predicted octanol–water partition coefficient (Wildman–Crippen LogP) is 1.36. The molecule has 1 rings (SSSR count). The number of carboxylic acids is 1. The molecule has 0 spiro atoms. The Kier molecular flexibility index (Phi) is 5.38. The number of hydrogen-bond donors (Lipinski definition) is 3. The first-order valence-corrected chi connectivity index (χ1v) is 6.93. The van der Waals surface area contributed by atoms with E-state index < -0.39 is 18.0 Å². The number of carbonyl (C=O) groups excluding carboxylic acids is 1. The molecule has 0 aliphatic rings. The van der Waals surface area contributed by atoms with Crippen molar-refractivity contribution in [1.29, 1.82) is 0 Å². The van der Waals surface area contributed by atoms with Crippen LogP contribution in [0.3, 0.4) is 0 Å². The molecular formula is C13H17NO4S. The average Bonchev–Trinajstić information content (AvgIpc) is 2.34. The highest BCUT2D eigenvalue weighted by atomic mass is 32.2. The minimum atomic E-state index is -1.46. The van der Waals surface area contributed by atoms with Gasteiger partial charge in [-0.15, -0.1) is 11.8 Å². The molecule has 1 aromatic carbocycles. The molecular weight excluding hydrogens is 266 g/mol. The average molecular weight is 283 g/mol. The maximum atomic E-state index is 12.0. The van der Waals surface area contributed by atoms with E-state index in [1.807, 2.05) is 18.4 Å². The van der Waals surface area contributed by atoms with Crippen molar-refractivity contribution >= 4 is 23.6 Å². The minimum absolute atomic E-state index is 0.110. The van der Waals surface area contributed by atoms with Crippen LogP contribution in [0.25, 0.3) is 0 Å². The molecule has 3 N–H and O–H groups in total. The van der Waals surface area contributed by atoms with Gasteiger partial charge < -0.3 is 15.5 Å². The Morgan fingerprint density at radius 2 is 2.00 bits per heavy atom. The Labute approximate surface area is 116 Å². The van der Waals surface area contributed by atoms with E-state index in [0.717, 1.165) is 4.90 Å². The van der Waals surface area contributed by atoms with E-state index in [9.17, 15) is 14.7 Å². The fourth-order valence-corrected chi connectivity index (χ4v) is 2.18. The van der Waals surface area contributed by atoms with Crippen LogP contribution in [0.4, 0.5) is 0 Å². The second-order valence-corrected chi connectivity index (χ2v) is 5.30. The summed E-state index contributed by atoms with van der Waals surface area (Å²) < 4.78 is 0. The van der Waals surface area contributed by atoms with Crippen LogP contribution in [-0.4, -0.2) is 40.5 Å². The number of thioether (sulfide) groups is 1. The van der Waals surface area contributed by atoms with Crippen LogP contribution in [0, 0.1) is 0 Å². The summed E-state index contributed by atoms with van der Waals surface area (Å²) >= 11 is 1.45. The zero-order chi connectivity index (χ0) is 14.5. The number of aliphatic carboxylic acids is 1. The van der Waals surface area contributed by atoms with E-state index in [0.29, 0.717) is 5.56 Å². The van der Waals surface area contributed by atoms with Crippen molar-refractivity contribution in [2.45, 2.75) is 23.8 Å². The molecule has 1 amide bonds. The first-order chi connectivity index (χ1) is 8.85. The lowest BCUT2D eigenvalue weighted by molar-refractivity contribution is -0.141. The summed E-state index contributed by atoms with van der Waals surface area (Å²) in [5.41, 5.74) is -0.948. The van der Waals surface area contributed by atoms with Gasteiger partial charge in [0.2, 0.25) is 0 Å². The monoisotopic (exact) mass is 283 g/mol. The van der Waals surface area contributed by atoms with E-state index in [1.54, 1.807) is 12.1 Å². The molecule has 1 atom stereocenters. The largest absolute Gasteiger partial charge is 0.481 e. The number of aliphatic hydroxyl groups is 1. The summed E-state index contributed by atoms with van der Waals surface area (Å²) in [6.07, 6.45) is 1.45. The number of carboxylic acid groups (broad SMARTS) is 1. The number of amides is 1. The van der Waals surface area contributed by atoms with Crippen LogP contribution in [-0.2, 0) is 4.79 Å². The number of hydrogen-bond acceptors (Lipinski definition) is 4. The van der Waals surface area contributed by atoms with Crippen molar-refractivity contribution in [3.8, 4) is 0 Å². The summed E-state index contributed by atoms with van der Waals surface area (Å²) in [6, 6.07) is 7.11. The minimum Gasteiger partial charge on any atom is -0.481 e. The van der Waals surface area contributed by atoms with Crippen molar-refractivity contribution in [1.82, 2.24) is 5.32 Å². The molecule has 1 unspecified atom stereocenters. The molecule has 19 heavy (non-hydrogen) atoms.